The van der Waals surface area contributed by atoms with Gasteiger partial charge in [-0.1, -0.05) is 88.4 Å². The van der Waals surface area contributed by atoms with Gasteiger partial charge in [0.05, 0.1) is 32.4 Å². The van der Waals surface area contributed by atoms with Crippen LogP contribution >= 0.6 is 0 Å². The molecule has 11 nitrogen and oxygen atoms in total. The minimum Gasteiger partial charge on any atom is -0.379 e. The molecule has 3 N–H and O–H groups in total. The summed E-state index contributed by atoms with van der Waals surface area (Å²) in [5.41, 5.74) is 1.02. The SMILES string of the molecule is CC(C)C[C@H](CC(=O)[C@H](Cc1ccccc1)NC(=O)[C@H](CC(C)C)NC(=O)[C@H](CCc1ccccc1)NC(=O)CN1CCOCC1)C(=O)[C@@]1(C)CO1. The lowest BCUT2D eigenvalue weighted by Gasteiger charge is -2.28. The van der Waals surface area contributed by atoms with E-state index in [1.54, 1.807) is 6.92 Å². The van der Waals surface area contributed by atoms with Crippen LogP contribution in [-0.2, 0) is 46.3 Å². The van der Waals surface area contributed by atoms with Crippen LogP contribution in [-0.4, -0.2) is 97.4 Å². The van der Waals surface area contributed by atoms with Crippen molar-refractivity contribution in [3.8, 4) is 0 Å². The summed E-state index contributed by atoms with van der Waals surface area (Å²) in [6.07, 6.45) is 1.95. The van der Waals surface area contributed by atoms with E-state index in [0.29, 0.717) is 58.6 Å². The van der Waals surface area contributed by atoms with E-state index in [0.717, 1.165) is 11.1 Å². The van der Waals surface area contributed by atoms with Crippen LogP contribution in [0.5, 0.6) is 0 Å². The lowest BCUT2D eigenvalue weighted by Crippen LogP contribution is -2.57. The molecule has 3 amide bonds. The van der Waals surface area contributed by atoms with Crippen molar-refractivity contribution >= 4 is 29.3 Å². The zero-order valence-corrected chi connectivity index (χ0v) is 31.5. The van der Waals surface area contributed by atoms with E-state index in [1.165, 1.54) is 0 Å². The number of morpholine rings is 1. The van der Waals surface area contributed by atoms with E-state index >= 15 is 0 Å². The van der Waals surface area contributed by atoms with Crippen molar-refractivity contribution in [3.05, 3.63) is 71.8 Å². The van der Waals surface area contributed by atoms with Crippen molar-refractivity contribution in [2.24, 2.45) is 17.8 Å². The van der Waals surface area contributed by atoms with Crippen molar-refractivity contribution in [2.45, 2.75) is 96.9 Å². The highest BCUT2D eigenvalue weighted by Crippen LogP contribution is 2.34. The number of nitrogens with zero attached hydrogens (tertiary/aromatic N) is 1. The molecule has 2 fully saturated rings. The fourth-order valence-electron chi connectivity index (χ4n) is 6.69. The van der Waals surface area contributed by atoms with Crippen LogP contribution in [0.1, 0.15) is 71.4 Å². The Morgan fingerprint density at radius 2 is 1.31 bits per heavy atom. The van der Waals surface area contributed by atoms with Crippen molar-refractivity contribution < 1.29 is 33.4 Å². The minimum absolute atomic E-state index is 0.0221. The van der Waals surface area contributed by atoms with Crippen molar-refractivity contribution in [1.82, 2.24) is 20.9 Å². The normalized spacial score (nSPS) is 19.7. The fourth-order valence-corrected chi connectivity index (χ4v) is 6.69. The van der Waals surface area contributed by atoms with Crippen LogP contribution in [0.2, 0.25) is 0 Å². The van der Waals surface area contributed by atoms with Crippen LogP contribution < -0.4 is 16.0 Å². The molecule has 52 heavy (non-hydrogen) atoms. The molecule has 0 bridgehead atoms. The molecule has 0 aromatic heterocycles. The van der Waals surface area contributed by atoms with Gasteiger partial charge in [-0.15, -0.1) is 0 Å². The second kappa shape index (κ2) is 19.8. The maximum absolute atomic E-state index is 14.1. The van der Waals surface area contributed by atoms with Crippen LogP contribution in [0.3, 0.4) is 0 Å². The smallest absolute Gasteiger partial charge is 0.243 e. The van der Waals surface area contributed by atoms with E-state index in [4.69, 9.17) is 9.47 Å². The van der Waals surface area contributed by atoms with E-state index < -0.39 is 41.5 Å². The lowest BCUT2D eigenvalue weighted by molar-refractivity contribution is -0.135. The predicted molar refractivity (Wildman–Crippen MR) is 199 cm³/mol. The number of hydrogen-bond donors (Lipinski definition) is 3. The fraction of sp³-hybridized carbons (Fsp3) is 0.585. The van der Waals surface area contributed by atoms with E-state index in [9.17, 15) is 24.0 Å². The maximum atomic E-state index is 14.1. The second-order valence-corrected chi connectivity index (χ2v) is 15.4. The van der Waals surface area contributed by atoms with E-state index in [2.05, 4.69) is 16.0 Å². The molecule has 2 aliphatic rings. The number of hydrogen-bond acceptors (Lipinski definition) is 8. The van der Waals surface area contributed by atoms with Gasteiger partial charge in [0.15, 0.2) is 11.6 Å². The van der Waals surface area contributed by atoms with Crippen LogP contribution in [0.15, 0.2) is 60.7 Å². The summed E-state index contributed by atoms with van der Waals surface area (Å²) in [6, 6.07) is 16.4. The first-order valence-electron chi connectivity index (χ1n) is 18.8. The molecule has 0 unspecified atom stereocenters. The molecule has 2 aliphatic heterocycles. The second-order valence-electron chi connectivity index (χ2n) is 15.4. The third-order valence-electron chi connectivity index (χ3n) is 9.69. The number of nitrogens with one attached hydrogen (secondary N) is 3. The highest BCUT2D eigenvalue weighted by atomic mass is 16.6. The number of epoxide rings is 1. The topological polar surface area (TPSA) is 146 Å². The van der Waals surface area contributed by atoms with Gasteiger partial charge in [-0.3, -0.25) is 28.9 Å². The average Bonchev–Trinajstić information content (AvgIpc) is 3.87. The molecule has 4 rings (SSSR count). The summed E-state index contributed by atoms with van der Waals surface area (Å²) in [5.74, 6) is -1.86. The van der Waals surface area contributed by atoms with Gasteiger partial charge in [0.25, 0.3) is 0 Å². The number of carbonyl (C=O) groups excluding carboxylic acids is 5. The Balaban J connectivity index is 1.51. The van der Waals surface area contributed by atoms with E-state index in [-0.39, 0.29) is 48.7 Å². The number of aryl methyl sites for hydroxylation is 1. The van der Waals surface area contributed by atoms with Crippen LogP contribution in [0, 0.1) is 17.8 Å². The summed E-state index contributed by atoms with van der Waals surface area (Å²) >= 11 is 0. The Kier molecular flexibility index (Phi) is 15.5. The quantitative estimate of drug-likeness (QED) is 0.166. The van der Waals surface area contributed by atoms with Crippen molar-refractivity contribution in [1.29, 1.82) is 0 Å². The van der Waals surface area contributed by atoms with Gasteiger partial charge < -0.3 is 25.4 Å². The van der Waals surface area contributed by atoms with Gasteiger partial charge in [0.2, 0.25) is 17.7 Å². The van der Waals surface area contributed by atoms with Gasteiger partial charge in [-0.25, -0.2) is 0 Å². The molecule has 284 valence electrons. The van der Waals surface area contributed by atoms with Gasteiger partial charge >= 0.3 is 0 Å². The molecule has 0 aliphatic carbocycles. The summed E-state index contributed by atoms with van der Waals surface area (Å²) in [6.45, 7) is 12.5. The number of ketones is 2. The van der Waals surface area contributed by atoms with E-state index in [1.807, 2.05) is 93.3 Å². The summed E-state index contributed by atoms with van der Waals surface area (Å²) < 4.78 is 10.9. The predicted octanol–water partition coefficient (Wildman–Crippen LogP) is 3.67. The largest absolute Gasteiger partial charge is 0.379 e. The minimum atomic E-state index is -0.958. The van der Waals surface area contributed by atoms with Gasteiger partial charge in [0, 0.05) is 25.4 Å². The zero-order valence-electron chi connectivity index (χ0n) is 31.5. The third-order valence-corrected chi connectivity index (χ3v) is 9.69. The van der Waals surface area contributed by atoms with Gasteiger partial charge in [0.1, 0.15) is 17.7 Å². The molecule has 11 heteroatoms. The molecule has 0 saturated carbocycles. The van der Waals surface area contributed by atoms with Gasteiger partial charge in [-0.2, -0.15) is 0 Å². The Labute approximate surface area is 309 Å². The monoisotopic (exact) mass is 718 g/mol. The highest BCUT2D eigenvalue weighted by Gasteiger charge is 2.50. The first kappa shape index (κ1) is 40.8. The van der Waals surface area contributed by atoms with Crippen molar-refractivity contribution in [2.75, 3.05) is 39.5 Å². The molecule has 2 aromatic carbocycles. The molecule has 5 atom stereocenters. The van der Waals surface area contributed by atoms with Crippen LogP contribution in [0.4, 0.5) is 0 Å². The molecule has 2 aromatic rings. The third kappa shape index (κ3) is 13.2. The number of carbonyl (C=O) groups is 5. The summed E-state index contributed by atoms with van der Waals surface area (Å²) in [7, 11) is 0. The molecule has 0 spiro atoms. The summed E-state index contributed by atoms with van der Waals surface area (Å²) in [4.78, 5) is 70.7. The number of amides is 3. The number of ether oxygens (including phenoxy) is 2. The summed E-state index contributed by atoms with van der Waals surface area (Å²) in [5, 5.41) is 8.83. The standard InChI is InChI=1S/C41H58N4O7/c1-28(2)22-32(38(48)41(5)27-52-41)25-36(46)34(24-31-14-10-7-11-15-31)43-40(50)35(23-29(3)4)44-39(49)33(17-16-30-12-8-6-9-13-30)42-37(47)26-45-18-20-51-21-19-45/h6-15,28-29,32-35H,16-27H2,1-5H3,(H,42,47)(H,43,50)(H,44,49)/t32-,33+,34+,35+,41-/m1/s1. The Morgan fingerprint density at radius 1 is 0.750 bits per heavy atom. The molecular formula is C41H58N4O7. The Morgan fingerprint density at radius 3 is 1.88 bits per heavy atom. The zero-order chi connectivity index (χ0) is 37.7. The Bertz CT molecular complexity index is 1470. The lowest BCUT2D eigenvalue weighted by atomic mass is 9.82. The van der Waals surface area contributed by atoms with Crippen molar-refractivity contribution in [3.63, 3.8) is 0 Å². The average molecular weight is 719 g/mol. The highest BCUT2D eigenvalue weighted by molar-refractivity contribution is 5.98. The first-order valence-corrected chi connectivity index (χ1v) is 18.8. The number of rotatable bonds is 21. The number of benzene rings is 2. The first-order chi connectivity index (χ1) is 24.8. The van der Waals surface area contributed by atoms with Gasteiger partial charge in [-0.05, 0) is 62.0 Å². The number of Topliss-reactive ketones (excluding diaryl/α,β-unsaturated/α-hetero) is 2. The molecule has 2 saturated heterocycles. The molecule has 0 radical (unpaired) electrons. The molecule has 2 heterocycles. The maximum Gasteiger partial charge on any atom is 0.243 e. The molecular weight excluding hydrogens is 660 g/mol. The van der Waals surface area contributed by atoms with Crippen LogP contribution in [0.25, 0.3) is 0 Å². The Hall–Kier alpha value is -3.93.